The van der Waals surface area contributed by atoms with Gasteiger partial charge in [-0.2, -0.15) is 0 Å². The molecule has 0 spiro atoms. The molecule has 0 aromatic rings. The zero-order valence-electron chi connectivity index (χ0n) is 9.35. The minimum absolute atomic E-state index is 0.0453. The zero-order valence-corrected chi connectivity index (χ0v) is 9.35. The molecule has 1 amide bonds. The number of hydrogen-bond donors (Lipinski definition) is 3. The lowest BCUT2D eigenvalue weighted by molar-refractivity contribution is -0.142. The van der Waals surface area contributed by atoms with Crippen molar-refractivity contribution in [3.8, 4) is 0 Å². The number of nitrogens with zero attached hydrogens (tertiary/aromatic N) is 1. The molecule has 6 nitrogen and oxygen atoms in total. The lowest BCUT2D eigenvalue weighted by atomic mass is 10.1. The zero-order chi connectivity index (χ0) is 12.1. The summed E-state index contributed by atoms with van der Waals surface area (Å²) in [5.74, 6) is -1.47. The van der Waals surface area contributed by atoms with Crippen molar-refractivity contribution in [2.45, 2.75) is 18.9 Å². The van der Waals surface area contributed by atoms with Gasteiger partial charge in [0.1, 0.15) is 6.04 Å². The number of nitrogens with one attached hydrogen (secondary N) is 1. The fourth-order valence-electron chi connectivity index (χ4n) is 1.83. The minimum Gasteiger partial charge on any atom is -0.480 e. The summed E-state index contributed by atoms with van der Waals surface area (Å²) in [6, 6.07) is -0.983. The molecule has 0 aromatic carbocycles. The monoisotopic (exact) mass is 230 g/mol. The van der Waals surface area contributed by atoms with Crippen LogP contribution >= 0.6 is 0 Å². The minimum atomic E-state index is -1.10. The van der Waals surface area contributed by atoms with E-state index in [1.165, 1.54) is 0 Å². The van der Waals surface area contributed by atoms with E-state index in [1.807, 2.05) is 11.9 Å². The molecule has 1 aliphatic rings. The fourth-order valence-corrected chi connectivity index (χ4v) is 1.83. The van der Waals surface area contributed by atoms with Crippen LogP contribution in [-0.2, 0) is 9.59 Å². The summed E-state index contributed by atoms with van der Waals surface area (Å²) in [5, 5.41) is 19.9. The molecule has 3 N–H and O–H groups in total. The van der Waals surface area contributed by atoms with Crippen LogP contribution in [0.2, 0.25) is 0 Å². The molecule has 16 heavy (non-hydrogen) atoms. The van der Waals surface area contributed by atoms with Crippen LogP contribution < -0.4 is 5.32 Å². The average molecular weight is 230 g/mol. The van der Waals surface area contributed by atoms with Crippen LogP contribution in [0.1, 0.15) is 12.8 Å². The van der Waals surface area contributed by atoms with Gasteiger partial charge in [0, 0.05) is 19.6 Å². The van der Waals surface area contributed by atoms with Crippen molar-refractivity contribution in [1.29, 1.82) is 0 Å². The smallest absolute Gasteiger partial charge is 0.326 e. The van der Waals surface area contributed by atoms with Crippen molar-refractivity contribution in [2.75, 3.05) is 26.7 Å². The van der Waals surface area contributed by atoms with Crippen LogP contribution in [0.5, 0.6) is 0 Å². The van der Waals surface area contributed by atoms with Gasteiger partial charge in [0.2, 0.25) is 5.91 Å². The Morgan fingerprint density at radius 2 is 2.25 bits per heavy atom. The summed E-state index contributed by atoms with van der Waals surface area (Å²) in [4.78, 5) is 24.5. The van der Waals surface area contributed by atoms with Gasteiger partial charge < -0.3 is 20.4 Å². The fraction of sp³-hybridized carbons (Fsp3) is 0.800. The van der Waals surface area contributed by atoms with Gasteiger partial charge >= 0.3 is 5.97 Å². The molecule has 0 saturated carbocycles. The number of likely N-dealkylation sites (tertiary alicyclic amines) is 1. The van der Waals surface area contributed by atoms with Gasteiger partial charge in [-0.1, -0.05) is 0 Å². The third-order valence-electron chi connectivity index (χ3n) is 2.79. The Balaban J connectivity index is 2.45. The number of carbonyl (C=O) groups is 2. The first-order chi connectivity index (χ1) is 7.54. The Kier molecular flexibility index (Phi) is 4.70. The van der Waals surface area contributed by atoms with Crippen LogP contribution in [0.25, 0.3) is 0 Å². The van der Waals surface area contributed by atoms with E-state index < -0.39 is 12.0 Å². The number of carboxylic acids is 1. The molecular weight excluding hydrogens is 212 g/mol. The van der Waals surface area contributed by atoms with Crippen molar-refractivity contribution in [1.82, 2.24) is 10.2 Å². The third kappa shape index (κ3) is 3.46. The third-order valence-corrected chi connectivity index (χ3v) is 2.79. The maximum atomic E-state index is 11.7. The maximum Gasteiger partial charge on any atom is 0.326 e. The average Bonchev–Trinajstić information content (AvgIpc) is 2.64. The number of amides is 1. The second-order valence-corrected chi connectivity index (χ2v) is 4.16. The largest absolute Gasteiger partial charge is 0.480 e. The molecule has 0 bridgehead atoms. The van der Waals surface area contributed by atoms with E-state index in [1.54, 1.807) is 0 Å². The molecular formula is C10H18N2O4. The molecule has 1 rings (SSSR count). The first-order valence-corrected chi connectivity index (χ1v) is 5.37. The van der Waals surface area contributed by atoms with Crippen LogP contribution in [0, 0.1) is 5.92 Å². The molecule has 1 saturated heterocycles. The standard InChI is InChI=1S/C10H18N2O4/c1-12-4-2-7(6-12)9(14)11-8(3-5-13)10(15)16/h7-8,13H,2-6H2,1H3,(H,11,14)(H,15,16)/t7?,8-/m0/s1. The van der Waals surface area contributed by atoms with Crippen molar-refractivity contribution < 1.29 is 19.8 Å². The number of aliphatic carboxylic acids is 1. The van der Waals surface area contributed by atoms with Gasteiger partial charge in [0.15, 0.2) is 0 Å². The molecule has 1 unspecified atom stereocenters. The van der Waals surface area contributed by atoms with Crippen molar-refractivity contribution in [3.63, 3.8) is 0 Å². The lowest BCUT2D eigenvalue weighted by Crippen LogP contribution is -2.44. The van der Waals surface area contributed by atoms with E-state index in [9.17, 15) is 9.59 Å². The quantitative estimate of drug-likeness (QED) is 0.557. The first-order valence-electron chi connectivity index (χ1n) is 5.37. The molecule has 1 fully saturated rings. The predicted molar refractivity (Wildman–Crippen MR) is 56.9 cm³/mol. The van der Waals surface area contributed by atoms with E-state index in [0.29, 0.717) is 6.54 Å². The Morgan fingerprint density at radius 1 is 1.56 bits per heavy atom. The number of hydrogen-bond acceptors (Lipinski definition) is 4. The Hall–Kier alpha value is -1.14. The van der Waals surface area contributed by atoms with Crippen LogP contribution in [0.4, 0.5) is 0 Å². The highest BCUT2D eigenvalue weighted by Gasteiger charge is 2.29. The molecule has 2 atom stereocenters. The van der Waals surface area contributed by atoms with E-state index in [-0.39, 0.29) is 24.9 Å². The SMILES string of the molecule is CN1CCC(C(=O)N[C@@H](CCO)C(=O)O)C1. The van der Waals surface area contributed by atoms with Gasteiger partial charge in [0.25, 0.3) is 0 Å². The second-order valence-electron chi connectivity index (χ2n) is 4.16. The molecule has 1 aliphatic heterocycles. The summed E-state index contributed by atoms with van der Waals surface area (Å²) in [5.41, 5.74) is 0. The highest BCUT2D eigenvalue weighted by Crippen LogP contribution is 2.14. The number of carboxylic acid groups (broad SMARTS) is 1. The first kappa shape index (κ1) is 12.9. The van der Waals surface area contributed by atoms with Crippen molar-refractivity contribution in [3.05, 3.63) is 0 Å². The summed E-state index contributed by atoms with van der Waals surface area (Å²) in [6.07, 6.45) is 0.803. The van der Waals surface area contributed by atoms with Gasteiger partial charge in [-0.05, 0) is 20.0 Å². The van der Waals surface area contributed by atoms with Gasteiger partial charge in [0.05, 0.1) is 5.92 Å². The van der Waals surface area contributed by atoms with Crippen molar-refractivity contribution in [2.24, 2.45) is 5.92 Å². The second kappa shape index (κ2) is 5.81. The molecule has 92 valence electrons. The predicted octanol–water partition coefficient (Wildman–Crippen LogP) is -1.11. The molecule has 0 radical (unpaired) electrons. The van der Waals surface area contributed by atoms with Gasteiger partial charge in [-0.3, -0.25) is 4.79 Å². The van der Waals surface area contributed by atoms with E-state index in [0.717, 1.165) is 13.0 Å². The number of carbonyl (C=O) groups excluding carboxylic acids is 1. The Labute approximate surface area is 94.2 Å². The number of aliphatic hydroxyl groups is 1. The van der Waals surface area contributed by atoms with Gasteiger partial charge in [-0.25, -0.2) is 4.79 Å². The van der Waals surface area contributed by atoms with E-state index in [4.69, 9.17) is 10.2 Å². The highest BCUT2D eigenvalue weighted by molar-refractivity contribution is 5.85. The summed E-state index contributed by atoms with van der Waals surface area (Å²) >= 11 is 0. The molecule has 0 aliphatic carbocycles. The van der Waals surface area contributed by atoms with Crippen molar-refractivity contribution >= 4 is 11.9 Å². The molecule has 6 heteroatoms. The van der Waals surface area contributed by atoms with Crippen LogP contribution in [-0.4, -0.2) is 59.8 Å². The molecule has 0 aromatic heterocycles. The van der Waals surface area contributed by atoms with Crippen LogP contribution in [0.3, 0.4) is 0 Å². The summed E-state index contributed by atoms with van der Waals surface area (Å²) < 4.78 is 0. The number of aliphatic hydroxyl groups excluding tert-OH is 1. The topological polar surface area (TPSA) is 89.9 Å². The number of rotatable bonds is 5. The van der Waals surface area contributed by atoms with Crippen LogP contribution in [0.15, 0.2) is 0 Å². The summed E-state index contributed by atoms with van der Waals surface area (Å²) in [7, 11) is 1.93. The van der Waals surface area contributed by atoms with E-state index in [2.05, 4.69) is 5.32 Å². The maximum absolute atomic E-state index is 11.7. The highest BCUT2D eigenvalue weighted by atomic mass is 16.4. The lowest BCUT2D eigenvalue weighted by Gasteiger charge is -2.16. The Bertz CT molecular complexity index is 270. The van der Waals surface area contributed by atoms with E-state index >= 15 is 0 Å². The van der Waals surface area contributed by atoms with Gasteiger partial charge in [-0.15, -0.1) is 0 Å². The summed E-state index contributed by atoms with van der Waals surface area (Å²) in [6.45, 7) is 1.27. The molecule has 1 heterocycles. The normalized spacial score (nSPS) is 23.0. The Morgan fingerprint density at radius 3 is 2.69 bits per heavy atom.